The highest BCUT2D eigenvalue weighted by Gasteiger charge is 2.29. The minimum atomic E-state index is -0.0833. The Morgan fingerprint density at radius 3 is 2.21 bits per heavy atom. The van der Waals surface area contributed by atoms with Gasteiger partial charge in [-0.05, 0) is 56.6 Å². The largest absolute Gasteiger partial charge is 0.507 e. The van der Waals surface area contributed by atoms with E-state index in [2.05, 4.69) is 4.90 Å². The molecule has 3 nitrogen and oxygen atoms in total. The summed E-state index contributed by atoms with van der Waals surface area (Å²) in [6.07, 6.45) is 5.33. The van der Waals surface area contributed by atoms with E-state index >= 15 is 0 Å². The Hall–Kier alpha value is -1.51. The lowest BCUT2D eigenvalue weighted by atomic mass is 10.1. The fourth-order valence-corrected chi connectivity index (χ4v) is 2.52. The van der Waals surface area contributed by atoms with E-state index in [-0.39, 0.29) is 11.5 Å². The molecule has 0 aliphatic heterocycles. The van der Waals surface area contributed by atoms with Gasteiger partial charge in [0.2, 0.25) is 0 Å². The maximum atomic E-state index is 11.3. The van der Waals surface area contributed by atoms with Crippen LogP contribution in [-0.2, 0) is 0 Å². The number of nitrogens with zero attached hydrogens (tertiary/aromatic N) is 1. The number of carbonyl (C=O) groups is 1. The summed E-state index contributed by atoms with van der Waals surface area (Å²) in [5, 5.41) is 9.96. The van der Waals surface area contributed by atoms with Crippen LogP contribution in [0, 0.1) is 11.8 Å². The van der Waals surface area contributed by atoms with Crippen LogP contribution < -0.4 is 4.90 Å². The Bertz CT molecular complexity index is 476. The van der Waals surface area contributed by atoms with Gasteiger partial charge in [0, 0.05) is 24.8 Å². The van der Waals surface area contributed by atoms with E-state index in [1.165, 1.54) is 32.6 Å². The molecular formula is C16H21NO2. The van der Waals surface area contributed by atoms with Crippen LogP contribution in [0.2, 0.25) is 0 Å². The van der Waals surface area contributed by atoms with E-state index in [0.717, 1.165) is 30.6 Å². The molecule has 1 aromatic carbocycles. The first-order valence-corrected chi connectivity index (χ1v) is 7.22. The van der Waals surface area contributed by atoms with E-state index in [4.69, 9.17) is 0 Å². The van der Waals surface area contributed by atoms with Crippen LogP contribution >= 0.6 is 0 Å². The molecule has 0 amide bonds. The molecule has 2 aliphatic carbocycles. The molecule has 0 bridgehead atoms. The number of aromatic hydroxyl groups is 1. The van der Waals surface area contributed by atoms with Crippen molar-refractivity contribution in [3.05, 3.63) is 23.8 Å². The summed E-state index contributed by atoms with van der Waals surface area (Å²) in [5.41, 5.74) is 1.47. The lowest BCUT2D eigenvalue weighted by Gasteiger charge is -2.25. The Labute approximate surface area is 114 Å². The van der Waals surface area contributed by atoms with Gasteiger partial charge in [-0.2, -0.15) is 0 Å². The number of Topliss-reactive ketones (excluding diaryl/α,β-unsaturated/α-hetero) is 1. The lowest BCUT2D eigenvalue weighted by molar-refractivity contribution is 0.101. The molecule has 2 saturated carbocycles. The van der Waals surface area contributed by atoms with Crippen LogP contribution in [0.3, 0.4) is 0 Å². The molecule has 2 aliphatic rings. The predicted molar refractivity (Wildman–Crippen MR) is 75.8 cm³/mol. The van der Waals surface area contributed by atoms with Crippen LogP contribution in [0.5, 0.6) is 5.75 Å². The first kappa shape index (κ1) is 12.5. The molecule has 1 N–H and O–H groups in total. The average molecular weight is 259 g/mol. The molecular weight excluding hydrogens is 238 g/mol. The second-order valence-corrected chi connectivity index (χ2v) is 6.05. The summed E-state index contributed by atoms with van der Waals surface area (Å²) < 4.78 is 0. The van der Waals surface area contributed by atoms with Crippen molar-refractivity contribution in [2.75, 3.05) is 18.0 Å². The fraction of sp³-hybridized carbons (Fsp3) is 0.562. The van der Waals surface area contributed by atoms with E-state index in [9.17, 15) is 9.90 Å². The van der Waals surface area contributed by atoms with Crippen LogP contribution in [0.15, 0.2) is 18.2 Å². The molecule has 1 aromatic rings. The molecule has 102 valence electrons. The number of phenolic OH excluding ortho intramolecular Hbond substituents is 1. The summed E-state index contributed by atoms with van der Waals surface area (Å²) in [6, 6.07) is 5.47. The van der Waals surface area contributed by atoms with Gasteiger partial charge in [0.25, 0.3) is 0 Å². The first-order valence-electron chi connectivity index (χ1n) is 7.22. The van der Waals surface area contributed by atoms with Crippen molar-refractivity contribution in [3.63, 3.8) is 0 Å². The lowest BCUT2D eigenvalue weighted by Crippen LogP contribution is -2.28. The highest BCUT2D eigenvalue weighted by Crippen LogP contribution is 2.36. The summed E-state index contributed by atoms with van der Waals surface area (Å²) in [5.74, 6) is 1.68. The minimum Gasteiger partial charge on any atom is -0.507 e. The number of hydrogen-bond acceptors (Lipinski definition) is 3. The quantitative estimate of drug-likeness (QED) is 0.797. The van der Waals surface area contributed by atoms with Crippen molar-refractivity contribution in [3.8, 4) is 5.75 Å². The highest BCUT2D eigenvalue weighted by atomic mass is 16.3. The Balaban J connectivity index is 1.79. The zero-order valence-corrected chi connectivity index (χ0v) is 11.4. The molecule has 3 rings (SSSR count). The van der Waals surface area contributed by atoms with Crippen molar-refractivity contribution in [2.45, 2.75) is 32.6 Å². The third kappa shape index (κ3) is 3.09. The Kier molecular flexibility index (Phi) is 3.21. The molecule has 0 saturated heterocycles. The van der Waals surface area contributed by atoms with Gasteiger partial charge in [0.05, 0.1) is 5.56 Å². The van der Waals surface area contributed by atoms with Crippen LogP contribution in [0.1, 0.15) is 43.0 Å². The third-order valence-electron chi connectivity index (χ3n) is 4.08. The van der Waals surface area contributed by atoms with Gasteiger partial charge in [-0.25, -0.2) is 0 Å². The van der Waals surface area contributed by atoms with E-state index in [0.29, 0.717) is 5.56 Å². The molecule has 3 heteroatoms. The second-order valence-electron chi connectivity index (χ2n) is 6.05. The number of benzene rings is 1. The normalized spacial score (nSPS) is 18.4. The number of carbonyl (C=O) groups excluding carboxylic acids is 1. The average Bonchev–Trinajstić information content (AvgIpc) is 3.22. The number of ketones is 1. The number of anilines is 1. The molecule has 19 heavy (non-hydrogen) atoms. The molecule has 0 aromatic heterocycles. The maximum absolute atomic E-state index is 11.3. The topological polar surface area (TPSA) is 40.5 Å². The van der Waals surface area contributed by atoms with Crippen molar-refractivity contribution in [1.82, 2.24) is 0 Å². The highest BCUT2D eigenvalue weighted by molar-refractivity contribution is 5.97. The summed E-state index contributed by atoms with van der Waals surface area (Å²) in [7, 11) is 0. The third-order valence-corrected chi connectivity index (χ3v) is 4.08. The van der Waals surface area contributed by atoms with Crippen molar-refractivity contribution >= 4 is 11.5 Å². The van der Waals surface area contributed by atoms with Crippen molar-refractivity contribution in [2.24, 2.45) is 11.8 Å². The first-order chi connectivity index (χ1) is 9.13. The second kappa shape index (κ2) is 4.87. The van der Waals surface area contributed by atoms with Gasteiger partial charge in [0.1, 0.15) is 5.75 Å². The van der Waals surface area contributed by atoms with E-state index in [1.807, 2.05) is 6.07 Å². The van der Waals surface area contributed by atoms with Crippen molar-refractivity contribution in [1.29, 1.82) is 0 Å². The van der Waals surface area contributed by atoms with Crippen LogP contribution in [-0.4, -0.2) is 24.0 Å². The summed E-state index contributed by atoms with van der Waals surface area (Å²) in [4.78, 5) is 13.7. The van der Waals surface area contributed by atoms with Gasteiger partial charge >= 0.3 is 0 Å². The number of hydrogen-bond donors (Lipinski definition) is 1. The summed E-state index contributed by atoms with van der Waals surface area (Å²) >= 11 is 0. The number of phenols is 1. The van der Waals surface area contributed by atoms with Crippen LogP contribution in [0.4, 0.5) is 5.69 Å². The van der Waals surface area contributed by atoms with Crippen molar-refractivity contribution < 1.29 is 9.90 Å². The van der Waals surface area contributed by atoms with Gasteiger partial charge in [-0.3, -0.25) is 4.79 Å². The fourth-order valence-electron chi connectivity index (χ4n) is 2.52. The van der Waals surface area contributed by atoms with Gasteiger partial charge in [-0.15, -0.1) is 0 Å². The monoisotopic (exact) mass is 259 g/mol. The molecule has 0 heterocycles. The van der Waals surface area contributed by atoms with Gasteiger partial charge in [0.15, 0.2) is 5.78 Å². The molecule has 0 spiro atoms. The summed E-state index contributed by atoms with van der Waals surface area (Å²) in [6.45, 7) is 3.67. The molecule has 0 unspecified atom stereocenters. The maximum Gasteiger partial charge on any atom is 0.163 e. The molecule has 0 atom stereocenters. The molecule has 0 radical (unpaired) electrons. The zero-order chi connectivity index (χ0) is 13.4. The Morgan fingerprint density at radius 1 is 1.21 bits per heavy atom. The van der Waals surface area contributed by atoms with E-state index in [1.54, 1.807) is 12.1 Å². The van der Waals surface area contributed by atoms with Gasteiger partial charge in [-0.1, -0.05) is 0 Å². The van der Waals surface area contributed by atoms with Crippen LogP contribution in [0.25, 0.3) is 0 Å². The molecule has 2 fully saturated rings. The van der Waals surface area contributed by atoms with Gasteiger partial charge < -0.3 is 10.0 Å². The predicted octanol–water partition coefficient (Wildman–Crippen LogP) is 3.22. The SMILES string of the molecule is CC(=O)c1ccc(N(CC2CC2)CC2CC2)cc1O. The zero-order valence-electron chi connectivity index (χ0n) is 11.4. The standard InChI is InChI=1S/C16H21NO2/c1-11(18)15-7-6-14(8-16(15)19)17(9-12-2-3-12)10-13-4-5-13/h6-8,12-13,19H,2-5,9-10H2,1H3. The smallest absolute Gasteiger partial charge is 0.163 e. The van der Waals surface area contributed by atoms with E-state index < -0.39 is 0 Å². The Morgan fingerprint density at radius 2 is 1.79 bits per heavy atom. The minimum absolute atomic E-state index is 0.0833. The number of rotatable bonds is 6.